The molecule has 24 heavy (non-hydrogen) atoms. The highest BCUT2D eigenvalue weighted by Gasteiger charge is 2.13. The van der Waals surface area contributed by atoms with E-state index in [4.69, 9.17) is 0 Å². The van der Waals surface area contributed by atoms with E-state index in [1.165, 1.54) is 48.6 Å². The van der Waals surface area contributed by atoms with Gasteiger partial charge in [-0.25, -0.2) is 0 Å². The SMILES string of the molecule is C(#Cc1c(-c2ccccc2)[nH]c2ccccc12)CC1CCCCC1. The summed E-state index contributed by atoms with van der Waals surface area (Å²) in [6, 6.07) is 19.0. The summed E-state index contributed by atoms with van der Waals surface area (Å²) in [5.41, 5.74) is 4.66. The monoisotopic (exact) mass is 313 g/mol. The number of benzene rings is 2. The number of aromatic amines is 1. The second-order valence-corrected chi connectivity index (χ2v) is 6.80. The van der Waals surface area contributed by atoms with E-state index in [1.807, 2.05) is 0 Å². The lowest BCUT2D eigenvalue weighted by molar-refractivity contribution is 0.365. The number of nitrogens with one attached hydrogen (secondary N) is 1. The first kappa shape index (κ1) is 15.1. The first-order valence-electron chi connectivity index (χ1n) is 9.07. The normalized spacial score (nSPS) is 15.2. The molecule has 1 heterocycles. The van der Waals surface area contributed by atoms with E-state index in [2.05, 4.69) is 71.4 Å². The van der Waals surface area contributed by atoms with Crippen LogP contribution in [0.25, 0.3) is 22.2 Å². The molecule has 120 valence electrons. The maximum absolute atomic E-state index is 3.57. The molecular weight excluding hydrogens is 290 g/mol. The molecule has 1 fully saturated rings. The van der Waals surface area contributed by atoms with Crippen LogP contribution in [0.15, 0.2) is 54.6 Å². The van der Waals surface area contributed by atoms with Gasteiger partial charge in [0.1, 0.15) is 0 Å². The van der Waals surface area contributed by atoms with Gasteiger partial charge >= 0.3 is 0 Å². The smallest absolute Gasteiger partial charge is 0.0624 e. The fraction of sp³-hybridized carbons (Fsp3) is 0.304. The van der Waals surface area contributed by atoms with Gasteiger partial charge in [-0.1, -0.05) is 79.6 Å². The Morgan fingerprint density at radius 2 is 1.62 bits per heavy atom. The molecular formula is C23H23N. The molecule has 0 spiro atoms. The van der Waals surface area contributed by atoms with Crippen LogP contribution in [-0.4, -0.2) is 4.98 Å². The summed E-state index contributed by atoms with van der Waals surface area (Å²) in [5, 5.41) is 1.23. The van der Waals surface area contributed by atoms with Gasteiger partial charge in [-0.05, 0) is 30.4 Å². The maximum Gasteiger partial charge on any atom is 0.0624 e. The molecule has 0 amide bonds. The topological polar surface area (TPSA) is 15.8 Å². The molecule has 0 saturated heterocycles. The summed E-state index contributed by atoms with van der Waals surface area (Å²) in [6.45, 7) is 0. The van der Waals surface area contributed by atoms with Gasteiger partial charge < -0.3 is 4.98 Å². The van der Waals surface area contributed by atoms with Crippen molar-refractivity contribution in [3.8, 4) is 23.1 Å². The van der Waals surface area contributed by atoms with Crippen LogP contribution in [0.5, 0.6) is 0 Å². The largest absolute Gasteiger partial charge is 0.353 e. The van der Waals surface area contributed by atoms with Crippen LogP contribution in [-0.2, 0) is 0 Å². The zero-order chi connectivity index (χ0) is 16.2. The minimum atomic E-state index is 0.802. The number of para-hydroxylation sites is 1. The molecule has 4 rings (SSSR count). The van der Waals surface area contributed by atoms with Gasteiger partial charge in [-0.3, -0.25) is 0 Å². The predicted octanol–water partition coefficient (Wildman–Crippen LogP) is 6.16. The number of rotatable bonds is 2. The van der Waals surface area contributed by atoms with Crippen molar-refractivity contribution in [2.45, 2.75) is 38.5 Å². The van der Waals surface area contributed by atoms with Crippen LogP contribution in [0, 0.1) is 17.8 Å². The second kappa shape index (κ2) is 6.97. The Kier molecular flexibility index (Phi) is 4.38. The highest BCUT2D eigenvalue weighted by Crippen LogP contribution is 2.30. The fourth-order valence-electron chi connectivity index (χ4n) is 3.77. The molecule has 0 atom stereocenters. The third-order valence-electron chi connectivity index (χ3n) is 5.10. The van der Waals surface area contributed by atoms with Crippen molar-refractivity contribution in [3.63, 3.8) is 0 Å². The lowest BCUT2D eigenvalue weighted by Crippen LogP contribution is -2.04. The Balaban J connectivity index is 1.70. The van der Waals surface area contributed by atoms with E-state index in [-0.39, 0.29) is 0 Å². The summed E-state index contributed by atoms with van der Waals surface area (Å²) in [6.07, 6.45) is 7.92. The molecule has 0 bridgehead atoms. The van der Waals surface area contributed by atoms with Gasteiger partial charge in [0, 0.05) is 17.3 Å². The highest BCUT2D eigenvalue weighted by atomic mass is 14.7. The van der Waals surface area contributed by atoms with E-state index in [9.17, 15) is 0 Å². The molecule has 1 aliphatic carbocycles. The molecule has 1 N–H and O–H groups in total. The molecule has 0 aliphatic heterocycles. The Bertz CT molecular complexity index is 871. The van der Waals surface area contributed by atoms with E-state index < -0.39 is 0 Å². The fourth-order valence-corrected chi connectivity index (χ4v) is 3.77. The summed E-state index contributed by atoms with van der Waals surface area (Å²) >= 11 is 0. The first-order chi connectivity index (χ1) is 11.9. The van der Waals surface area contributed by atoms with Gasteiger partial charge in [-0.2, -0.15) is 0 Å². The van der Waals surface area contributed by atoms with Crippen molar-refractivity contribution in [1.82, 2.24) is 4.98 Å². The Morgan fingerprint density at radius 3 is 2.46 bits per heavy atom. The number of fused-ring (bicyclic) bond motifs is 1. The molecule has 1 nitrogen and oxygen atoms in total. The van der Waals surface area contributed by atoms with Crippen molar-refractivity contribution < 1.29 is 0 Å². The van der Waals surface area contributed by atoms with Crippen molar-refractivity contribution in [1.29, 1.82) is 0 Å². The van der Waals surface area contributed by atoms with Crippen LogP contribution < -0.4 is 0 Å². The van der Waals surface area contributed by atoms with Crippen LogP contribution >= 0.6 is 0 Å². The molecule has 1 saturated carbocycles. The second-order valence-electron chi connectivity index (χ2n) is 6.80. The number of aromatic nitrogens is 1. The average molecular weight is 313 g/mol. The molecule has 0 radical (unpaired) electrons. The predicted molar refractivity (Wildman–Crippen MR) is 102 cm³/mol. The van der Waals surface area contributed by atoms with Crippen molar-refractivity contribution in [3.05, 3.63) is 60.2 Å². The Hall–Kier alpha value is -2.46. The zero-order valence-electron chi connectivity index (χ0n) is 14.0. The molecule has 1 heteroatoms. The highest BCUT2D eigenvalue weighted by molar-refractivity contribution is 5.93. The third-order valence-corrected chi connectivity index (χ3v) is 5.10. The van der Waals surface area contributed by atoms with Crippen LogP contribution in [0.4, 0.5) is 0 Å². The van der Waals surface area contributed by atoms with Crippen LogP contribution in [0.2, 0.25) is 0 Å². The van der Waals surface area contributed by atoms with E-state index in [0.717, 1.165) is 23.6 Å². The van der Waals surface area contributed by atoms with Crippen molar-refractivity contribution >= 4 is 10.9 Å². The Labute approximate surface area is 144 Å². The molecule has 3 aromatic rings. The van der Waals surface area contributed by atoms with Gasteiger partial charge in [0.15, 0.2) is 0 Å². The number of H-pyrrole nitrogens is 1. The summed E-state index contributed by atoms with van der Waals surface area (Å²) in [7, 11) is 0. The third kappa shape index (κ3) is 3.10. The lowest BCUT2D eigenvalue weighted by Gasteiger charge is -2.18. The average Bonchev–Trinajstić information content (AvgIpc) is 3.02. The quantitative estimate of drug-likeness (QED) is 0.546. The van der Waals surface area contributed by atoms with Crippen LogP contribution in [0.1, 0.15) is 44.1 Å². The van der Waals surface area contributed by atoms with E-state index in [0.29, 0.717) is 0 Å². The molecule has 1 aromatic heterocycles. The zero-order valence-corrected chi connectivity index (χ0v) is 14.0. The summed E-state index contributed by atoms with van der Waals surface area (Å²) in [4.78, 5) is 3.57. The number of hydrogen-bond donors (Lipinski definition) is 1. The van der Waals surface area contributed by atoms with Gasteiger partial charge in [0.05, 0.1) is 11.3 Å². The number of hydrogen-bond acceptors (Lipinski definition) is 0. The molecule has 2 aromatic carbocycles. The van der Waals surface area contributed by atoms with Gasteiger partial charge in [-0.15, -0.1) is 0 Å². The molecule has 0 unspecified atom stereocenters. The summed E-state index contributed by atoms with van der Waals surface area (Å²) in [5.74, 6) is 7.79. The van der Waals surface area contributed by atoms with Gasteiger partial charge in [0.2, 0.25) is 0 Å². The Morgan fingerprint density at radius 1 is 0.875 bits per heavy atom. The minimum Gasteiger partial charge on any atom is -0.353 e. The van der Waals surface area contributed by atoms with Crippen LogP contribution in [0.3, 0.4) is 0 Å². The van der Waals surface area contributed by atoms with Crippen molar-refractivity contribution in [2.75, 3.05) is 0 Å². The minimum absolute atomic E-state index is 0.802. The standard InChI is InChI=1S/C23H23N/c1-3-10-18(11-4-1)12-9-16-21-20-15-7-8-17-22(20)24-23(21)19-13-5-2-6-14-19/h2,5-8,13-15,17-18,24H,1,3-4,10-12H2. The summed E-state index contributed by atoms with van der Waals surface area (Å²) < 4.78 is 0. The molecule has 1 aliphatic rings. The van der Waals surface area contributed by atoms with E-state index in [1.54, 1.807) is 0 Å². The van der Waals surface area contributed by atoms with Crippen molar-refractivity contribution in [2.24, 2.45) is 5.92 Å². The van der Waals surface area contributed by atoms with Gasteiger partial charge in [0.25, 0.3) is 0 Å². The van der Waals surface area contributed by atoms with E-state index >= 15 is 0 Å². The first-order valence-corrected chi connectivity index (χ1v) is 9.07. The maximum atomic E-state index is 3.57. The lowest BCUT2D eigenvalue weighted by atomic mass is 9.87.